The molecule has 1 fully saturated rings. The van der Waals surface area contributed by atoms with Gasteiger partial charge in [-0.15, -0.1) is 0 Å². The van der Waals surface area contributed by atoms with E-state index in [-0.39, 0.29) is 18.6 Å². The van der Waals surface area contributed by atoms with Gasteiger partial charge in [-0.25, -0.2) is 0 Å². The number of fused-ring (bicyclic) bond motifs is 1. The summed E-state index contributed by atoms with van der Waals surface area (Å²) in [6.45, 7) is 0.937. The van der Waals surface area contributed by atoms with Crippen LogP contribution in [0.2, 0.25) is 0 Å². The second-order valence-corrected chi connectivity index (χ2v) is 6.15. The summed E-state index contributed by atoms with van der Waals surface area (Å²) in [5.74, 6) is 0.711. The SMILES string of the molecule is O=C(C[C@H]1CCc2ccccc2C1)N1CCC[C@H]1CO. The molecule has 1 amide bonds. The molecule has 1 aliphatic heterocycles. The third-order valence-corrected chi connectivity index (χ3v) is 4.82. The molecule has 3 heteroatoms. The second-order valence-electron chi connectivity index (χ2n) is 6.15. The molecule has 0 unspecified atom stereocenters. The average molecular weight is 273 g/mol. The van der Waals surface area contributed by atoms with Crippen molar-refractivity contribution in [2.45, 2.75) is 44.6 Å². The minimum Gasteiger partial charge on any atom is -0.394 e. The van der Waals surface area contributed by atoms with E-state index in [4.69, 9.17) is 0 Å². The first kappa shape index (κ1) is 13.6. The molecule has 3 nitrogen and oxygen atoms in total. The van der Waals surface area contributed by atoms with Gasteiger partial charge in [0.05, 0.1) is 12.6 Å². The Balaban J connectivity index is 1.60. The highest BCUT2D eigenvalue weighted by atomic mass is 16.3. The zero-order valence-corrected chi connectivity index (χ0v) is 11.9. The van der Waals surface area contributed by atoms with Gasteiger partial charge in [0.15, 0.2) is 0 Å². The van der Waals surface area contributed by atoms with E-state index in [1.165, 1.54) is 11.1 Å². The monoisotopic (exact) mass is 273 g/mol. The van der Waals surface area contributed by atoms with Crippen molar-refractivity contribution < 1.29 is 9.90 Å². The van der Waals surface area contributed by atoms with Gasteiger partial charge in [-0.2, -0.15) is 0 Å². The molecule has 1 aliphatic carbocycles. The first-order valence-corrected chi connectivity index (χ1v) is 7.75. The van der Waals surface area contributed by atoms with E-state index in [9.17, 15) is 9.90 Å². The number of rotatable bonds is 3. The molecule has 1 aromatic carbocycles. The molecular formula is C17H23NO2. The summed E-state index contributed by atoms with van der Waals surface area (Å²) in [4.78, 5) is 14.3. The third-order valence-electron chi connectivity index (χ3n) is 4.82. The topological polar surface area (TPSA) is 40.5 Å². The molecular weight excluding hydrogens is 250 g/mol. The predicted octanol–water partition coefficient (Wildman–Crippen LogP) is 2.16. The number of benzene rings is 1. The highest BCUT2D eigenvalue weighted by Crippen LogP contribution is 2.29. The zero-order chi connectivity index (χ0) is 13.9. The Morgan fingerprint density at radius 1 is 1.25 bits per heavy atom. The molecule has 1 aromatic rings. The lowest BCUT2D eigenvalue weighted by Crippen LogP contribution is -2.38. The van der Waals surface area contributed by atoms with Crippen LogP contribution in [-0.2, 0) is 17.6 Å². The van der Waals surface area contributed by atoms with Gasteiger partial charge in [-0.1, -0.05) is 24.3 Å². The fraction of sp³-hybridized carbons (Fsp3) is 0.588. The van der Waals surface area contributed by atoms with Gasteiger partial charge in [0.1, 0.15) is 0 Å². The highest BCUT2D eigenvalue weighted by molar-refractivity contribution is 5.77. The molecule has 1 N–H and O–H groups in total. The number of nitrogens with zero attached hydrogens (tertiary/aromatic N) is 1. The van der Waals surface area contributed by atoms with Gasteiger partial charge in [-0.3, -0.25) is 4.79 Å². The van der Waals surface area contributed by atoms with Gasteiger partial charge in [0.25, 0.3) is 0 Å². The molecule has 1 heterocycles. The van der Waals surface area contributed by atoms with Crippen molar-refractivity contribution >= 4 is 5.91 Å². The van der Waals surface area contributed by atoms with E-state index in [0.29, 0.717) is 12.3 Å². The quantitative estimate of drug-likeness (QED) is 0.917. The van der Waals surface area contributed by atoms with Crippen LogP contribution in [0.5, 0.6) is 0 Å². The number of aliphatic hydroxyl groups excluding tert-OH is 1. The van der Waals surface area contributed by atoms with Crippen molar-refractivity contribution in [3.8, 4) is 0 Å². The Kier molecular flexibility index (Phi) is 4.06. The largest absolute Gasteiger partial charge is 0.394 e. The first-order valence-electron chi connectivity index (χ1n) is 7.75. The molecule has 2 atom stereocenters. The zero-order valence-electron chi connectivity index (χ0n) is 11.9. The second kappa shape index (κ2) is 5.96. The summed E-state index contributed by atoms with van der Waals surface area (Å²) >= 11 is 0. The summed E-state index contributed by atoms with van der Waals surface area (Å²) in [7, 11) is 0. The van der Waals surface area contributed by atoms with Crippen LogP contribution in [0.15, 0.2) is 24.3 Å². The molecule has 0 bridgehead atoms. The van der Waals surface area contributed by atoms with Crippen LogP contribution in [-0.4, -0.2) is 35.1 Å². The number of hydrogen-bond acceptors (Lipinski definition) is 2. The average Bonchev–Trinajstić information content (AvgIpc) is 2.95. The van der Waals surface area contributed by atoms with Crippen molar-refractivity contribution in [3.63, 3.8) is 0 Å². The van der Waals surface area contributed by atoms with Crippen molar-refractivity contribution in [2.24, 2.45) is 5.92 Å². The molecule has 1 saturated heterocycles. The molecule has 20 heavy (non-hydrogen) atoms. The van der Waals surface area contributed by atoms with Crippen LogP contribution < -0.4 is 0 Å². The maximum Gasteiger partial charge on any atom is 0.223 e. The van der Waals surface area contributed by atoms with Crippen LogP contribution in [0, 0.1) is 5.92 Å². The smallest absolute Gasteiger partial charge is 0.223 e. The fourth-order valence-corrected chi connectivity index (χ4v) is 3.67. The Labute approximate surface area is 120 Å². The fourth-order valence-electron chi connectivity index (χ4n) is 3.67. The number of aliphatic hydroxyl groups is 1. The third kappa shape index (κ3) is 2.73. The van der Waals surface area contributed by atoms with Crippen molar-refractivity contribution in [1.82, 2.24) is 4.90 Å². The van der Waals surface area contributed by atoms with E-state index in [0.717, 1.165) is 38.6 Å². The Bertz CT molecular complexity index is 486. The van der Waals surface area contributed by atoms with Gasteiger partial charge >= 0.3 is 0 Å². The number of hydrogen-bond donors (Lipinski definition) is 1. The van der Waals surface area contributed by atoms with Crippen LogP contribution in [0.25, 0.3) is 0 Å². The van der Waals surface area contributed by atoms with E-state index in [2.05, 4.69) is 24.3 Å². The lowest BCUT2D eigenvalue weighted by molar-refractivity contribution is -0.133. The van der Waals surface area contributed by atoms with Crippen molar-refractivity contribution in [3.05, 3.63) is 35.4 Å². The maximum absolute atomic E-state index is 12.4. The minimum atomic E-state index is 0.0679. The summed E-state index contributed by atoms with van der Waals surface area (Å²) in [6.07, 6.45) is 5.86. The van der Waals surface area contributed by atoms with Gasteiger partial charge in [0.2, 0.25) is 5.91 Å². The Hall–Kier alpha value is -1.35. The summed E-state index contributed by atoms with van der Waals surface area (Å²) in [5, 5.41) is 9.33. The van der Waals surface area contributed by atoms with E-state index in [1.54, 1.807) is 0 Å². The van der Waals surface area contributed by atoms with Crippen LogP contribution in [0.1, 0.15) is 36.8 Å². The standard InChI is InChI=1S/C17H23NO2/c19-12-16-6-3-9-18(16)17(20)11-13-7-8-14-4-1-2-5-15(14)10-13/h1-2,4-5,13,16,19H,3,6-12H2/t13-,16-/m0/s1. The van der Waals surface area contributed by atoms with E-state index >= 15 is 0 Å². The predicted molar refractivity (Wildman–Crippen MR) is 78.4 cm³/mol. The Morgan fingerprint density at radius 2 is 2.05 bits per heavy atom. The molecule has 0 radical (unpaired) electrons. The molecule has 108 valence electrons. The number of aryl methyl sites for hydroxylation is 1. The van der Waals surface area contributed by atoms with Crippen LogP contribution in [0.4, 0.5) is 0 Å². The molecule has 2 aliphatic rings. The number of amides is 1. The molecule has 0 saturated carbocycles. The maximum atomic E-state index is 12.4. The van der Waals surface area contributed by atoms with Crippen molar-refractivity contribution in [1.29, 1.82) is 0 Å². The number of carbonyl (C=O) groups excluding carboxylic acids is 1. The number of likely N-dealkylation sites (tertiary alicyclic amines) is 1. The highest BCUT2D eigenvalue weighted by Gasteiger charge is 2.30. The first-order chi connectivity index (χ1) is 9.78. The summed E-state index contributed by atoms with van der Waals surface area (Å²) in [6, 6.07) is 8.65. The molecule has 0 aromatic heterocycles. The molecule has 3 rings (SSSR count). The Morgan fingerprint density at radius 3 is 2.85 bits per heavy atom. The van der Waals surface area contributed by atoms with Crippen LogP contribution >= 0.6 is 0 Å². The van der Waals surface area contributed by atoms with Gasteiger partial charge in [0, 0.05) is 13.0 Å². The van der Waals surface area contributed by atoms with E-state index < -0.39 is 0 Å². The summed E-state index contributed by atoms with van der Waals surface area (Å²) in [5.41, 5.74) is 2.86. The van der Waals surface area contributed by atoms with Gasteiger partial charge < -0.3 is 10.0 Å². The normalized spacial score (nSPS) is 25.6. The minimum absolute atomic E-state index is 0.0679. The summed E-state index contributed by atoms with van der Waals surface area (Å²) < 4.78 is 0. The number of carbonyl (C=O) groups is 1. The lowest BCUT2D eigenvalue weighted by Gasteiger charge is -2.28. The molecule has 0 spiro atoms. The van der Waals surface area contributed by atoms with Gasteiger partial charge in [-0.05, 0) is 49.1 Å². The van der Waals surface area contributed by atoms with Crippen LogP contribution in [0.3, 0.4) is 0 Å². The lowest BCUT2D eigenvalue weighted by atomic mass is 9.82. The van der Waals surface area contributed by atoms with E-state index in [1.807, 2.05) is 4.90 Å². The van der Waals surface area contributed by atoms with Crippen molar-refractivity contribution in [2.75, 3.05) is 13.2 Å².